The van der Waals surface area contributed by atoms with Crippen LogP contribution in [0.1, 0.15) is 56.6 Å². The lowest BCUT2D eigenvalue weighted by molar-refractivity contribution is -0.385. The number of phenolic OH excluding ortho intramolecular Hbond substituents is 2. The van der Waals surface area contributed by atoms with Crippen LogP contribution in [0.3, 0.4) is 0 Å². The molecule has 3 rings (SSSR count). The number of rotatable bonds is 15. The first kappa shape index (κ1) is 32.8. The fraction of sp³-hybridized carbons (Fsp3) is 0.556. The fourth-order valence-corrected chi connectivity index (χ4v) is 4.89. The molecule has 1 aliphatic rings. The first-order chi connectivity index (χ1) is 17.0. The Morgan fingerprint density at radius 3 is 2.57 bits per heavy atom. The lowest BCUT2D eigenvalue weighted by Crippen LogP contribution is -2.40. The molecule has 37 heavy (non-hydrogen) atoms. The van der Waals surface area contributed by atoms with E-state index in [-0.39, 0.29) is 42.0 Å². The molecule has 3 N–H and O–H groups in total. The van der Waals surface area contributed by atoms with Gasteiger partial charge in [0.2, 0.25) is 0 Å². The number of ether oxygens (including phenoxy) is 1. The number of benzene rings is 2. The van der Waals surface area contributed by atoms with E-state index < -0.39 is 4.92 Å². The third-order valence-electron chi connectivity index (χ3n) is 6.72. The Balaban J connectivity index is 0.00000342. The first-order valence-corrected chi connectivity index (χ1v) is 12.8. The zero-order valence-electron chi connectivity index (χ0n) is 21.6. The summed E-state index contributed by atoms with van der Waals surface area (Å²) in [5, 5.41) is 34.3. The SMILES string of the molecule is CCCN(CCCCCCNCCOc1ccccc1[N+](=O)[O-])C1CCc2c(ccc(O)c2O)C1.Cl.Cl. The highest BCUT2D eigenvalue weighted by molar-refractivity contribution is 5.85. The van der Waals surface area contributed by atoms with Crippen molar-refractivity contribution in [2.45, 2.75) is 64.3 Å². The molecule has 0 spiro atoms. The second-order valence-electron chi connectivity index (χ2n) is 9.24. The van der Waals surface area contributed by atoms with Crippen molar-refractivity contribution in [2.75, 3.05) is 32.8 Å². The summed E-state index contributed by atoms with van der Waals surface area (Å²) < 4.78 is 5.55. The van der Waals surface area contributed by atoms with Gasteiger partial charge in [0.25, 0.3) is 0 Å². The van der Waals surface area contributed by atoms with Gasteiger partial charge in [0.15, 0.2) is 17.2 Å². The maximum Gasteiger partial charge on any atom is 0.310 e. The molecule has 0 saturated heterocycles. The molecule has 1 aliphatic carbocycles. The number of hydrogen-bond acceptors (Lipinski definition) is 7. The van der Waals surface area contributed by atoms with Crippen molar-refractivity contribution in [3.63, 3.8) is 0 Å². The lowest BCUT2D eigenvalue weighted by atomic mass is 9.86. The molecular formula is C27H41Cl2N3O5. The summed E-state index contributed by atoms with van der Waals surface area (Å²) in [5.74, 6) is 0.353. The molecule has 2 aromatic carbocycles. The third kappa shape index (κ3) is 9.85. The van der Waals surface area contributed by atoms with E-state index >= 15 is 0 Å². The maximum atomic E-state index is 11.0. The second kappa shape index (κ2) is 17.3. The fourth-order valence-electron chi connectivity index (χ4n) is 4.89. The molecule has 8 nitrogen and oxygen atoms in total. The number of nitro benzene ring substituents is 1. The number of phenols is 2. The predicted octanol–water partition coefficient (Wildman–Crippen LogP) is 5.65. The molecular weight excluding hydrogens is 517 g/mol. The van der Waals surface area contributed by atoms with Crippen LogP contribution in [0, 0.1) is 10.1 Å². The summed E-state index contributed by atoms with van der Waals surface area (Å²) in [6.45, 7) is 6.37. The van der Waals surface area contributed by atoms with Crippen LogP contribution in [0.4, 0.5) is 5.69 Å². The highest BCUT2D eigenvalue weighted by Crippen LogP contribution is 2.36. The Morgan fingerprint density at radius 1 is 1.05 bits per heavy atom. The molecule has 0 heterocycles. The van der Waals surface area contributed by atoms with Crippen LogP contribution in [0.2, 0.25) is 0 Å². The molecule has 0 aromatic heterocycles. The van der Waals surface area contributed by atoms with Gasteiger partial charge in [-0.25, -0.2) is 0 Å². The Hall–Kier alpha value is -2.26. The standard InChI is InChI=1S/C27H39N3O5.2ClH/c1-2-17-29(22-12-13-23-21(20-22)11-14-25(31)27(23)32)18-8-4-3-7-15-28-16-19-35-26-10-6-5-9-24(26)30(33)34;;/h5-6,9-11,14,22,28,31-32H,2-4,7-8,12-13,15-20H2,1H3;2*1H. The van der Waals surface area contributed by atoms with Crippen molar-refractivity contribution < 1.29 is 19.9 Å². The van der Waals surface area contributed by atoms with E-state index in [4.69, 9.17) is 4.74 Å². The average molecular weight is 559 g/mol. The zero-order valence-corrected chi connectivity index (χ0v) is 23.2. The summed E-state index contributed by atoms with van der Waals surface area (Å²) in [6.07, 6.45) is 8.51. The van der Waals surface area contributed by atoms with Crippen LogP contribution in [0.5, 0.6) is 17.2 Å². The first-order valence-electron chi connectivity index (χ1n) is 12.8. The smallest absolute Gasteiger partial charge is 0.310 e. The van der Waals surface area contributed by atoms with Gasteiger partial charge >= 0.3 is 5.69 Å². The lowest BCUT2D eigenvalue weighted by Gasteiger charge is -2.35. The summed E-state index contributed by atoms with van der Waals surface area (Å²) in [6, 6.07) is 10.5. The molecule has 10 heteroatoms. The Kier molecular flexibility index (Phi) is 15.3. The van der Waals surface area contributed by atoms with Crippen molar-refractivity contribution in [1.82, 2.24) is 10.2 Å². The average Bonchev–Trinajstić information content (AvgIpc) is 2.86. The van der Waals surface area contributed by atoms with Crippen LogP contribution < -0.4 is 10.1 Å². The molecule has 208 valence electrons. The van der Waals surface area contributed by atoms with Gasteiger partial charge in [-0.15, -0.1) is 24.8 Å². The molecule has 0 radical (unpaired) electrons. The van der Waals surface area contributed by atoms with E-state index in [1.54, 1.807) is 24.3 Å². The quantitative estimate of drug-likeness (QED) is 0.112. The van der Waals surface area contributed by atoms with E-state index in [9.17, 15) is 20.3 Å². The van der Waals surface area contributed by atoms with Crippen LogP contribution >= 0.6 is 24.8 Å². The number of aromatic hydroxyl groups is 2. The summed E-state index contributed by atoms with van der Waals surface area (Å²) in [7, 11) is 0. The van der Waals surface area contributed by atoms with Gasteiger partial charge < -0.3 is 25.2 Å². The number of halogens is 2. The minimum absolute atomic E-state index is 0. The molecule has 1 unspecified atom stereocenters. The highest BCUT2D eigenvalue weighted by atomic mass is 35.5. The predicted molar refractivity (Wildman–Crippen MR) is 152 cm³/mol. The van der Waals surface area contributed by atoms with Crippen molar-refractivity contribution in [3.8, 4) is 17.2 Å². The normalized spacial score (nSPS) is 14.4. The van der Waals surface area contributed by atoms with Crippen LogP contribution in [-0.2, 0) is 12.8 Å². The van der Waals surface area contributed by atoms with E-state index in [1.807, 2.05) is 6.07 Å². The van der Waals surface area contributed by atoms with E-state index in [0.717, 1.165) is 62.9 Å². The topological polar surface area (TPSA) is 108 Å². The number of fused-ring (bicyclic) bond motifs is 1. The second-order valence-corrected chi connectivity index (χ2v) is 9.24. The van der Waals surface area contributed by atoms with E-state index in [0.29, 0.717) is 24.9 Å². The monoisotopic (exact) mass is 557 g/mol. The van der Waals surface area contributed by atoms with Gasteiger partial charge in [-0.3, -0.25) is 10.1 Å². The number of hydrogen-bond donors (Lipinski definition) is 3. The largest absolute Gasteiger partial charge is 0.504 e. The molecule has 0 amide bonds. The number of nitro groups is 1. The molecule has 0 saturated carbocycles. The van der Waals surface area contributed by atoms with Gasteiger partial charge in [0, 0.05) is 24.2 Å². The maximum absolute atomic E-state index is 11.0. The summed E-state index contributed by atoms with van der Waals surface area (Å²) in [5.41, 5.74) is 2.08. The van der Waals surface area contributed by atoms with Crippen LogP contribution in [0.15, 0.2) is 36.4 Å². The minimum atomic E-state index is -0.423. The molecule has 0 aliphatic heterocycles. The van der Waals surface area contributed by atoms with Crippen molar-refractivity contribution in [3.05, 3.63) is 57.6 Å². The Labute approximate surface area is 232 Å². The minimum Gasteiger partial charge on any atom is -0.504 e. The molecule has 2 aromatic rings. The number of nitrogens with one attached hydrogen (secondary N) is 1. The molecule has 0 bridgehead atoms. The van der Waals surface area contributed by atoms with Crippen molar-refractivity contribution >= 4 is 30.5 Å². The summed E-state index contributed by atoms with van der Waals surface area (Å²) in [4.78, 5) is 13.2. The zero-order chi connectivity index (χ0) is 25.0. The van der Waals surface area contributed by atoms with Crippen molar-refractivity contribution in [1.29, 1.82) is 0 Å². The van der Waals surface area contributed by atoms with Gasteiger partial charge in [-0.05, 0) is 75.9 Å². The molecule has 0 fully saturated rings. The third-order valence-corrected chi connectivity index (χ3v) is 6.72. The number of unbranched alkanes of at least 4 members (excludes halogenated alkanes) is 3. The van der Waals surface area contributed by atoms with Crippen molar-refractivity contribution in [2.24, 2.45) is 0 Å². The van der Waals surface area contributed by atoms with Gasteiger partial charge in [0.05, 0.1) is 4.92 Å². The molecule has 1 atom stereocenters. The van der Waals surface area contributed by atoms with Crippen LogP contribution in [-0.4, -0.2) is 58.9 Å². The summed E-state index contributed by atoms with van der Waals surface area (Å²) >= 11 is 0. The highest BCUT2D eigenvalue weighted by Gasteiger charge is 2.26. The van der Waals surface area contributed by atoms with Gasteiger partial charge in [0.1, 0.15) is 6.61 Å². The van der Waals surface area contributed by atoms with Crippen LogP contribution in [0.25, 0.3) is 0 Å². The number of nitrogens with zero attached hydrogens (tertiary/aromatic N) is 2. The van der Waals surface area contributed by atoms with E-state index in [1.165, 1.54) is 25.3 Å². The van der Waals surface area contributed by atoms with Gasteiger partial charge in [-0.2, -0.15) is 0 Å². The van der Waals surface area contributed by atoms with E-state index in [2.05, 4.69) is 17.1 Å². The Morgan fingerprint density at radius 2 is 1.81 bits per heavy atom. The Bertz CT molecular complexity index is 964. The van der Waals surface area contributed by atoms with Gasteiger partial charge in [-0.1, -0.05) is 38.0 Å². The number of para-hydroxylation sites is 2.